The molecular formula is C13H19N3O3. The minimum Gasteiger partial charge on any atom is -0.392 e. The maximum atomic E-state index is 11.0. The Morgan fingerprint density at radius 1 is 1.47 bits per heavy atom. The normalized spacial score (nSPS) is 16.4. The molecule has 0 saturated carbocycles. The van der Waals surface area contributed by atoms with Gasteiger partial charge < -0.3 is 15.3 Å². The van der Waals surface area contributed by atoms with Crippen LogP contribution in [0.1, 0.15) is 19.8 Å². The summed E-state index contributed by atoms with van der Waals surface area (Å²) >= 11 is 0. The van der Waals surface area contributed by atoms with Gasteiger partial charge in [-0.25, -0.2) is 0 Å². The maximum Gasteiger partial charge on any atom is 0.292 e. The van der Waals surface area contributed by atoms with E-state index in [1.807, 2.05) is 0 Å². The number of aliphatic hydroxyl groups is 1. The summed E-state index contributed by atoms with van der Waals surface area (Å²) in [7, 11) is 0. The lowest BCUT2D eigenvalue weighted by molar-refractivity contribution is -0.383. The molecule has 104 valence electrons. The number of anilines is 2. The highest BCUT2D eigenvalue weighted by Crippen LogP contribution is 2.31. The van der Waals surface area contributed by atoms with Crippen LogP contribution in [0.2, 0.25) is 0 Å². The Bertz CT molecular complexity index is 456. The number of hydrogen-bond acceptors (Lipinski definition) is 5. The molecule has 1 unspecified atom stereocenters. The van der Waals surface area contributed by atoms with Crippen molar-refractivity contribution in [2.75, 3.05) is 29.9 Å². The zero-order valence-electron chi connectivity index (χ0n) is 11.0. The lowest BCUT2D eigenvalue weighted by Crippen LogP contribution is -2.19. The molecule has 1 fully saturated rings. The van der Waals surface area contributed by atoms with Crippen LogP contribution < -0.4 is 10.2 Å². The van der Waals surface area contributed by atoms with Crippen LogP contribution in [0.25, 0.3) is 0 Å². The van der Waals surface area contributed by atoms with Gasteiger partial charge in [0.15, 0.2) is 0 Å². The molecular weight excluding hydrogens is 246 g/mol. The van der Waals surface area contributed by atoms with Crippen LogP contribution in [0.3, 0.4) is 0 Å². The highest BCUT2D eigenvalue weighted by molar-refractivity contribution is 5.69. The van der Waals surface area contributed by atoms with E-state index in [9.17, 15) is 15.2 Å². The third-order valence-corrected chi connectivity index (χ3v) is 3.24. The van der Waals surface area contributed by atoms with E-state index in [-0.39, 0.29) is 5.69 Å². The van der Waals surface area contributed by atoms with Gasteiger partial charge in [-0.3, -0.25) is 10.1 Å². The minimum absolute atomic E-state index is 0.0450. The summed E-state index contributed by atoms with van der Waals surface area (Å²) in [6.45, 7) is 3.93. The SMILES string of the molecule is CC(O)CNc1cc(N2CCCC2)ccc1[N+](=O)[O-]. The summed E-state index contributed by atoms with van der Waals surface area (Å²) in [5.74, 6) is 0. The summed E-state index contributed by atoms with van der Waals surface area (Å²) in [5, 5.41) is 23.2. The number of nitrogens with one attached hydrogen (secondary N) is 1. The molecule has 1 aliphatic rings. The summed E-state index contributed by atoms with van der Waals surface area (Å²) < 4.78 is 0. The highest BCUT2D eigenvalue weighted by Gasteiger charge is 2.18. The van der Waals surface area contributed by atoms with Gasteiger partial charge in [-0.05, 0) is 31.9 Å². The molecule has 6 heteroatoms. The van der Waals surface area contributed by atoms with Gasteiger partial charge in [-0.2, -0.15) is 0 Å². The molecule has 0 radical (unpaired) electrons. The molecule has 1 heterocycles. The third-order valence-electron chi connectivity index (χ3n) is 3.24. The standard InChI is InChI=1S/C13H19N3O3/c1-10(17)9-14-12-8-11(15-6-2-3-7-15)4-5-13(12)16(18)19/h4-5,8,10,14,17H,2-3,6-7,9H2,1H3. The molecule has 2 N–H and O–H groups in total. The molecule has 1 aromatic rings. The highest BCUT2D eigenvalue weighted by atomic mass is 16.6. The summed E-state index contributed by atoms with van der Waals surface area (Å²) in [6.07, 6.45) is 1.77. The van der Waals surface area contributed by atoms with Gasteiger partial charge in [-0.1, -0.05) is 0 Å². The van der Waals surface area contributed by atoms with E-state index in [4.69, 9.17) is 0 Å². The smallest absolute Gasteiger partial charge is 0.292 e. The van der Waals surface area contributed by atoms with Crippen molar-refractivity contribution in [3.63, 3.8) is 0 Å². The third kappa shape index (κ3) is 3.35. The molecule has 1 atom stereocenters. The predicted octanol–water partition coefficient (Wildman–Crippen LogP) is 1.99. The minimum atomic E-state index is -0.546. The van der Waals surface area contributed by atoms with Crippen LogP contribution in [0.4, 0.5) is 17.1 Å². The molecule has 1 aromatic carbocycles. The number of rotatable bonds is 5. The summed E-state index contributed by atoms with van der Waals surface area (Å²) in [6, 6.07) is 5.11. The van der Waals surface area contributed by atoms with Crippen molar-refractivity contribution in [2.24, 2.45) is 0 Å². The van der Waals surface area contributed by atoms with Crippen LogP contribution in [-0.2, 0) is 0 Å². The summed E-state index contributed by atoms with van der Waals surface area (Å²) in [5.41, 5.74) is 1.51. The molecule has 0 amide bonds. The van der Waals surface area contributed by atoms with E-state index in [2.05, 4.69) is 10.2 Å². The fourth-order valence-electron chi connectivity index (χ4n) is 2.25. The molecule has 6 nitrogen and oxygen atoms in total. The second kappa shape index (κ2) is 5.88. The fourth-order valence-corrected chi connectivity index (χ4v) is 2.25. The number of nitro groups is 1. The molecule has 0 bridgehead atoms. The predicted molar refractivity (Wildman–Crippen MR) is 74.7 cm³/mol. The topological polar surface area (TPSA) is 78.6 Å². The van der Waals surface area contributed by atoms with Crippen molar-refractivity contribution in [1.29, 1.82) is 0 Å². The first-order valence-electron chi connectivity index (χ1n) is 6.53. The zero-order valence-corrected chi connectivity index (χ0v) is 11.0. The van der Waals surface area contributed by atoms with Crippen LogP contribution in [0, 0.1) is 10.1 Å². The Kier molecular flexibility index (Phi) is 4.21. The van der Waals surface area contributed by atoms with Gasteiger partial charge in [0.2, 0.25) is 0 Å². The van der Waals surface area contributed by atoms with Crippen molar-refractivity contribution < 1.29 is 10.0 Å². The molecule has 0 aromatic heterocycles. The Labute approximate surface area is 112 Å². The van der Waals surface area contributed by atoms with Crippen LogP contribution in [-0.4, -0.2) is 35.8 Å². The van der Waals surface area contributed by atoms with Gasteiger partial charge >= 0.3 is 0 Å². The van der Waals surface area contributed by atoms with E-state index in [1.165, 1.54) is 6.07 Å². The number of aliphatic hydroxyl groups excluding tert-OH is 1. The second-order valence-electron chi connectivity index (χ2n) is 4.88. The average molecular weight is 265 g/mol. The molecule has 19 heavy (non-hydrogen) atoms. The maximum absolute atomic E-state index is 11.0. The van der Waals surface area contributed by atoms with E-state index in [0.29, 0.717) is 12.2 Å². The van der Waals surface area contributed by atoms with Gasteiger partial charge in [0.05, 0.1) is 11.0 Å². The second-order valence-corrected chi connectivity index (χ2v) is 4.88. The number of nitrogens with zero attached hydrogens (tertiary/aromatic N) is 2. The van der Waals surface area contributed by atoms with Crippen LogP contribution in [0.15, 0.2) is 18.2 Å². The Morgan fingerprint density at radius 2 is 2.16 bits per heavy atom. The Morgan fingerprint density at radius 3 is 2.74 bits per heavy atom. The van der Waals surface area contributed by atoms with Gasteiger partial charge in [0, 0.05) is 31.4 Å². The average Bonchev–Trinajstić information content (AvgIpc) is 2.89. The Balaban J connectivity index is 2.23. The molecule has 0 aliphatic carbocycles. The van der Waals surface area contributed by atoms with Crippen molar-refractivity contribution >= 4 is 17.1 Å². The van der Waals surface area contributed by atoms with E-state index < -0.39 is 11.0 Å². The van der Waals surface area contributed by atoms with E-state index >= 15 is 0 Å². The monoisotopic (exact) mass is 265 g/mol. The molecule has 1 aliphatic heterocycles. The zero-order chi connectivity index (χ0) is 13.8. The van der Waals surface area contributed by atoms with Gasteiger partial charge in [-0.15, -0.1) is 0 Å². The lowest BCUT2D eigenvalue weighted by Gasteiger charge is -2.19. The number of hydrogen-bond donors (Lipinski definition) is 2. The van der Waals surface area contributed by atoms with Crippen molar-refractivity contribution in [2.45, 2.75) is 25.9 Å². The van der Waals surface area contributed by atoms with Crippen LogP contribution in [0.5, 0.6) is 0 Å². The molecule has 0 spiro atoms. The van der Waals surface area contributed by atoms with Crippen molar-refractivity contribution in [3.05, 3.63) is 28.3 Å². The van der Waals surface area contributed by atoms with Gasteiger partial charge in [0.1, 0.15) is 5.69 Å². The molecule has 1 saturated heterocycles. The number of benzene rings is 1. The number of nitro benzene ring substituents is 1. The first kappa shape index (κ1) is 13.6. The first-order chi connectivity index (χ1) is 9.08. The quantitative estimate of drug-likeness (QED) is 0.628. The van der Waals surface area contributed by atoms with Crippen LogP contribution >= 0.6 is 0 Å². The fraction of sp³-hybridized carbons (Fsp3) is 0.538. The largest absolute Gasteiger partial charge is 0.392 e. The van der Waals surface area contributed by atoms with E-state index in [1.54, 1.807) is 19.1 Å². The Hall–Kier alpha value is -1.82. The molecule has 2 rings (SSSR count). The summed E-state index contributed by atoms with van der Waals surface area (Å²) in [4.78, 5) is 12.8. The van der Waals surface area contributed by atoms with Crippen molar-refractivity contribution in [1.82, 2.24) is 0 Å². The first-order valence-corrected chi connectivity index (χ1v) is 6.53. The lowest BCUT2D eigenvalue weighted by atomic mass is 10.2. The van der Waals surface area contributed by atoms with Gasteiger partial charge in [0.25, 0.3) is 5.69 Å². The van der Waals surface area contributed by atoms with Crippen molar-refractivity contribution in [3.8, 4) is 0 Å². The van der Waals surface area contributed by atoms with E-state index in [0.717, 1.165) is 31.6 Å².